The standard InChI is InChI=1S/C24H31BrClN3O4S/c1-17(2)27-24(31)18(3)28(16-19-10-12-20(25)13-11-19)23(30)9-6-14-29(34(4,32)33)22-8-5-7-21(26)15-22/h5,7-8,10-13,15,17-18H,6,9,14,16H2,1-4H3,(H,27,31)/t18-/m0/s1. The van der Waals surface area contributed by atoms with Crippen LogP contribution in [0.25, 0.3) is 0 Å². The van der Waals surface area contributed by atoms with Crippen molar-refractivity contribution in [2.24, 2.45) is 0 Å². The van der Waals surface area contributed by atoms with E-state index < -0.39 is 16.1 Å². The number of hydrogen-bond acceptors (Lipinski definition) is 4. The molecule has 10 heteroatoms. The van der Waals surface area contributed by atoms with Crippen molar-refractivity contribution in [1.82, 2.24) is 10.2 Å². The van der Waals surface area contributed by atoms with Gasteiger partial charge in [0.2, 0.25) is 21.8 Å². The smallest absolute Gasteiger partial charge is 0.242 e. The highest BCUT2D eigenvalue weighted by molar-refractivity contribution is 9.10. The van der Waals surface area contributed by atoms with Crippen molar-refractivity contribution >= 4 is 55.1 Å². The van der Waals surface area contributed by atoms with E-state index in [0.717, 1.165) is 16.3 Å². The van der Waals surface area contributed by atoms with E-state index in [2.05, 4.69) is 21.2 Å². The van der Waals surface area contributed by atoms with Gasteiger partial charge in [-0.2, -0.15) is 0 Å². The molecule has 0 fully saturated rings. The van der Waals surface area contributed by atoms with E-state index in [1.807, 2.05) is 38.1 Å². The van der Waals surface area contributed by atoms with Gasteiger partial charge in [-0.3, -0.25) is 13.9 Å². The third-order valence-corrected chi connectivity index (χ3v) is 7.07. The third-order valence-electron chi connectivity index (χ3n) is 5.11. The summed E-state index contributed by atoms with van der Waals surface area (Å²) in [6, 6.07) is 13.4. The monoisotopic (exact) mass is 571 g/mol. The Hall–Kier alpha value is -2.10. The molecule has 0 aliphatic rings. The van der Waals surface area contributed by atoms with Gasteiger partial charge in [0, 0.05) is 35.0 Å². The molecule has 0 bridgehead atoms. The van der Waals surface area contributed by atoms with Crippen molar-refractivity contribution in [3.63, 3.8) is 0 Å². The molecule has 34 heavy (non-hydrogen) atoms. The minimum atomic E-state index is -3.57. The second kappa shape index (κ2) is 12.6. The van der Waals surface area contributed by atoms with Gasteiger partial charge in [-0.25, -0.2) is 8.42 Å². The SMILES string of the molecule is CC(C)NC(=O)[C@H](C)N(Cc1ccc(Br)cc1)C(=O)CCCN(c1cccc(Cl)c1)S(C)(=O)=O. The average Bonchev–Trinajstić information content (AvgIpc) is 2.74. The van der Waals surface area contributed by atoms with Gasteiger partial charge in [-0.1, -0.05) is 45.7 Å². The molecule has 0 unspecified atom stereocenters. The number of benzene rings is 2. The van der Waals surface area contributed by atoms with Crippen LogP contribution < -0.4 is 9.62 Å². The molecule has 0 aliphatic carbocycles. The molecular formula is C24H31BrClN3O4S. The van der Waals surface area contributed by atoms with E-state index in [4.69, 9.17) is 11.6 Å². The second-order valence-corrected chi connectivity index (χ2v) is 11.7. The zero-order valence-electron chi connectivity index (χ0n) is 19.8. The van der Waals surface area contributed by atoms with Crippen molar-refractivity contribution in [2.75, 3.05) is 17.1 Å². The minimum absolute atomic E-state index is 0.0550. The second-order valence-electron chi connectivity index (χ2n) is 8.41. The molecule has 2 amide bonds. The number of rotatable bonds is 11. The summed E-state index contributed by atoms with van der Waals surface area (Å²) in [5.74, 6) is -0.467. The molecule has 0 saturated carbocycles. The van der Waals surface area contributed by atoms with Crippen molar-refractivity contribution in [3.8, 4) is 0 Å². The number of carbonyl (C=O) groups is 2. The molecule has 0 saturated heterocycles. The number of nitrogens with zero attached hydrogens (tertiary/aromatic N) is 2. The summed E-state index contributed by atoms with van der Waals surface area (Å²) < 4.78 is 26.9. The Morgan fingerprint density at radius 3 is 2.29 bits per heavy atom. The summed E-state index contributed by atoms with van der Waals surface area (Å²) in [6.45, 7) is 5.80. The van der Waals surface area contributed by atoms with Crippen LogP contribution in [0.4, 0.5) is 5.69 Å². The molecule has 7 nitrogen and oxygen atoms in total. The molecular weight excluding hydrogens is 542 g/mol. The van der Waals surface area contributed by atoms with Crippen LogP contribution in [0.5, 0.6) is 0 Å². The zero-order chi connectivity index (χ0) is 25.5. The maximum Gasteiger partial charge on any atom is 0.242 e. The van der Waals surface area contributed by atoms with Crippen LogP contribution in [0.15, 0.2) is 53.0 Å². The molecule has 0 spiro atoms. The van der Waals surface area contributed by atoms with Gasteiger partial charge in [0.25, 0.3) is 0 Å². The Kier molecular flexibility index (Phi) is 10.4. The zero-order valence-corrected chi connectivity index (χ0v) is 23.0. The van der Waals surface area contributed by atoms with Crippen molar-refractivity contribution in [2.45, 2.75) is 52.2 Å². The summed E-state index contributed by atoms with van der Waals surface area (Å²) in [6.07, 6.45) is 1.49. The maximum absolute atomic E-state index is 13.2. The van der Waals surface area contributed by atoms with Crippen LogP contribution >= 0.6 is 27.5 Å². The van der Waals surface area contributed by atoms with E-state index in [9.17, 15) is 18.0 Å². The fraction of sp³-hybridized carbons (Fsp3) is 0.417. The van der Waals surface area contributed by atoms with Gasteiger partial charge in [-0.05, 0) is 63.1 Å². The molecule has 0 aliphatic heterocycles. The lowest BCUT2D eigenvalue weighted by atomic mass is 10.1. The van der Waals surface area contributed by atoms with E-state index in [1.165, 1.54) is 9.21 Å². The molecule has 0 heterocycles. The fourth-order valence-corrected chi connectivity index (χ4v) is 4.82. The van der Waals surface area contributed by atoms with Gasteiger partial charge < -0.3 is 10.2 Å². The highest BCUT2D eigenvalue weighted by Gasteiger charge is 2.27. The van der Waals surface area contributed by atoms with Crippen LogP contribution in [0.3, 0.4) is 0 Å². The van der Waals surface area contributed by atoms with Gasteiger partial charge in [-0.15, -0.1) is 0 Å². The summed E-state index contributed by atoms with van der Waals surface area (Å²) in [7, 11) is -3.57. The molecule has 2 rings (SSSR count). The van der Waals surface area contributed by atoms with Crippen LogP contribution in [-0.4, -0.2) is 50.0 Å². The highest BCUT2D eigenvalue weighted by atomic mass is 79.9. The Morgan fingerprint density at radius 2 is 1.74 bits per heavy atom. The molecule has 1 N–H and O–H groups in total. The van der Waals surface area contributed by atoms with E-state index in [1.54, 1.807) is 31.2 Å². The molecule has 0 aromatic heterocycles. The number of carbonyl (C=O) groups excluding carboxylic acids is 2. The van der Waals surface area contributed by atoms with Crippen LogP contribution in [0, 0.1) is 0 Å². The van der Waals surface area contributed by atoms with Gasteiger partial charge in [0.05, 0.1) is 11.9 Å². The van der Waals surface area contributed by atoms with E-state index in [0.29, 0.717) is 10.7 Å². The molecule has 2 aromatic carbocycles. The number of amides is 2. The number of sulfonamides is 1. The van der Waals surface area contributed by atoms with Gasteiger partial charge >= 0.3 is 0 Å². The number of nitrogens with one attached hydrogen (secondary N) is 1. The first-order valence-electron chi connectivity index (χ1n) is 11.0. The predicted octanol–water partition coefficient (Wildman–Crippen LogP) is 4.59. The average molecular weight is 573 g/mol. The Morgan fingerprint density at radius 1 is 1.09 bits per heavy atom. The molecule has 186 valence electrons. The minimum Gasteiger partial charge on any atom is -0.352 e. The van der Waals surface area contributed by atoms with Gasteiger partial charge in [0.1, 0.15) is 6.04 Å². The Bertz CT molecular complexity index is 1090. The van der Waals surface area contributed by atoms with E-state index in [-0.39, 0.29) is 43.8 Å². The lowest BCUT2D eigenvalue weighted by Gasteiger charge is -2.30. The highest BCUT2D eigenvalue weighted by Crippen LogP contribution is 2.23. The quantitative estimate of drug-likeness (QED) is 0.427. The number of anilines is 1. The Balaban J connectivity index is 2.16. The lowest BCUT2D eigenvalue weighted by molar-refractivity contribution is -0.140. The van der Waals surface area contributed by atoms with E-state index >= 15 is 0 Å². The largest absolute Gasteiger partial charge is 0.352 e. The molecule has 1 atom stereocenters. The first-order valence-corrected chi connectivity index (χ1v) is 14.0. The van der Waals surface area contributed by atoms with Crippen molar-refractivity contribution < 1.29 is 18.0 Å². The summed E-state index contributed by atoms with van der Waals surface area (Å²) in [5, 5.41) is 3.28. The molecule has 2 aromatic rings. The number of halogens is 2. The van der Waals surface area contributed by atoms with Crippen LogP contribution in [0.2, 0.25) is 5.02 Å². The summed E-state index contributed by atoms with van der Waals surface area (Å²) in [5.41, 5.74) is 1.33. The molecule has 0 radical (unpaired) electrons. The van der Waals surface area contributed by atoms with Crippen LogP contribution in [-0.2, 0) is 26.2 Å². The van der Waals surface area contributed by atoms with Crippen molar-refractivity contribution in [1.29, 1.82) is 0 Å². The fourth-order valence-electron chi connectivity index (χ4n) is 3.41. The third kappa shape index (κ3) is 8.60. The lowest BCUT2D eigenvalue weighted by Crippen LogP contribution is -2.49. The summed E-state index contributed by atoms with van der Waals surface area (Å²) >= 11 is 9.43. The maximum atomic E-state index is 13.2. The predicted molar refractivity (Wildman–Crippen MR) is 140 cm³/mol. The van der Waals surface area contributed by atoms with Gasteiger partial charge in [0.15, 0.2) is 0 Å². The number of hydrogen-bond donors (Lipinski definition) is 1. The van der Waals surface area contributed by atoms with Crippen molar-refractivity contribution in [3.05, 3.63) is 63.6 Å². The normalized spacial score (nSPS) is 12.3. The Labute approximate surface area is 215 Å². The van der Waals surface area contributed by atoms with Crippen LogP contribution in [0.1, 0.15) is 39.2 Å². The topological polar surface area (TPSA) is 86.8 Å². The summed E-state index contributed by atoms with van der Waals surface area (Å²) in [4.78, 5) is 27.4. The first kappa shape index (κ1) is 28.1. The first-order chi connectivity index (χ1) is 15.9.